The Morgan fingerprint density at radius 1 is 0.927 bits per heavy atom. The van der Waals surface area contributed by atoms with Gasteiger partial charge in [0.15, 0.2) is 30.4 Å². The lowest BCUT2D eigenvalue weighted by Crippen LogP contribution is -2.60. The molecule has 230 valence electrons. The van der Waals surface area contributed by atoms with Gasteiger partial charge in [0, 0.05) is 6.08 Å². The van der Waals surface area contributed by atoms with Crippen molar-refractivity contribution in [3.63, 3.8) is 0 Å². The van der Waals surface area contributed by atoms with Crippen molar-refractivity contribution in [1.82, 2.24) is 0 Å². The average Bonchev–Trinajstić information content (AvgIpc) is 3.22. The van der Waals surface area contributed by atoms with E-state index in [2.05, 4.69) is 0 Å². The SMILES string of the molecule is COc1cc(C=CC(=O)OCC2OC(OC3C(O)COC(OC4COC(O)C(O)C4O)C3O)C(O)C2O)ccc1O. The smallest absolute Gasteiger partial charge is 0.330 e. The first-order chi connectivity index (χ1) is 19.5. The predicted molar refractivity (Wildman–Crippen MR) is 131 cm³/mol. The molecule has 0 aromatic heterocycles. The lowest BCUT2D eigenvalue weighted by Gasteiger charge is -2.42. The van der Waals surface area contributed by atoms with Crippen LogP contribution in [0.5, 0.6) is 11.5 Å². The van der Waals surface area contributed by atoms with Gasteiger partial charge in [-0.3, -0.25) is 0 Å². The second-order valence-electron chi connectivity index (χ2n) is 9.66. The number of benzene rings is 1. The van der Waals surface area contributed by atoms with E-state index in [1.165, 1.54) is 31.4 Å². The third-order valence-electron chi connectivity index (χ3n) is 6.80. The van der Waals surface area contributed by atoms with Crippen LogP contribution in [0.2, 0.25) is 0 Å². The fourth-order valence-corrected chi connectivity index (χ4v) is 4.43. The molecule has 4 rings (SSSR count). The third-order valence-corrected chi connectivity index (χ3v) is 6.80. The number of carbonyl (C=O) groups excluding carboxylic acids is 1. The number of ether oxygens (including phenoxy) is 7. The molecule has 0 spiro atoms. The number of aliphatic hydroxyl groups excluding tert-OH is 7. The molecule has 16 heteroatoms. The van der Waals surface area contributed by atoms with Gasteiger partial charge in [-0.2, -0.15) is 0 Å². The highest BCUT2D eigenvalue weighted by atomic mass is 16.7. The van der Waals surface area contributed by atoms with Gasteiger partial charge in [0.2, 0.25) is 0 Å². The third kappa shape index (κ3) is 7.31. The largest absolute Gasteiger partial charge is 0.504 e. The van der Waals surface area contributed by atoms with Crippen molar-refractivity contribution in [2.24, 2.45) is 0 Å². The summed E-state index contributed by atoms with van der Waals surface area (Å²) in [4.78, 5) is 12.2. The van der Waals surface area contributed by atoms with E-state index in [1.807, 2.05) is 0 Å². The standard InChI is InChI=1S/C25H34O16/c1-35-13-6-10(2-4-11(13)26)3-5-16(28)36-8-14-18(30)20(32)25(40-14)41-22-12(27)7-38-24(21(22)33)39-15-9-37-23(34)19(31)17(15)29/h2-6,12,14-15,17-27,29-34H,7-9H2,1H3. The molecule has 3 heterocycles. The molecule has 0 radical (unpaired) electrons. The molecule has 12 unspecified atom stereocenters. The Bertz CT molecular complexity index is 1050. The van der Waals surface area contributed by atoms with E-state index in [-0.39, 0.29) is 18.1 Å². The number of aliphatic hydroxyl groups is 7. The Balaban J connectivity index is 1.30. The van der Waals surface area contributed by atoms with E-state index in [9.17, 15) is 45.6 Å². The first-order valence-corrected chi connectivity index (χ1v) is 12.7. The van der Waals surface area contributed by atoms with Crippen LogP contribution in [0.1, 0.15) is 5.56 Å². The minimum atomic E-state index is -1.69. The van der Waals surface area contributed by atoms with Crippen molar-refractivity contribution in [1.29, 1.82) is 0 Å². The summed E-state index contributed by atoms with van der Waals surface area (Å²) in [7, 11) is 1.38. The summed E-state index contributed by atoms with van der Waals surface area (Å²) in [5.74, 6) is -0.662. The summed E-state index contributed by atoms with van der Waals surface area (Å²) >= 11 is 0. The van der Waals surface area contributed by atoms with Crippen molar-refractivity contribution >= 4 is 12.0 Å². The minimum absolute atomic E-state index is 0.0723. The topological polar surface area (TPSA) is 244 Å². The molecule has 3 aliphatic heterocycles. The van der Waals surface area contributed by atoms with Crippen molar-refractivity contribution in [2.75, 3.05) is 26.9 Å². The maximum atomic E-state index is 12.2. The molecule has 41 heavy (non-hydrogen) atoms. The summed E-state index contributed by atoms with van der Waals surface area (Å²) in [5, 5.41) is 80.9. The zero-order valence-corrected chi connectivity index (χ0v) is 21.8. The van der Waals surface area contributed by atoms with E-state index in [1.54, 1.807) is 0 Å². The number of aromatic hydroxyl groups is 1. The molecule has 16 nitrogen and oxygen atoms in total. The van der Waals surface area contributed by atoms with Crippen LogP contribution in [0.15, 0.2) is 24.3 Å². The number of phenols is 1. The molecule has 3 aliphatic rings. The highest BCUT2D eigenvalue weighted by Crippen LogP contribution is 2.30. The van der Waals surface area contributed by atoms with Gasteiger partial charge in [0.1, 0.15) is 61.5 Å². The number of carbonyl (C=O) groups is 1. The molecule has 0 saturated carbocycles. The lowest BCUT2D eigenvalue weighted by atomic mass is 10.0. The van der Waals surface area contributed by atoms with Gasteiger partial charge in [0.25, 0.3) is 0 Å². The molecular formula is C25H34O16. The summed E-state index contributed by atoms with van der Waals surface area (Å²) in [5.41, 5.74) is 0.535. The van der Waals surface area contributed by atoms with Crippen LogP contribution >= 0.6 is 0 Å². The van der Waals surface area contributed by atoms with E-state index < -0.39 is 93.0 Å². The van der Waals surface area contributed by atoms with Crippen molar-refractivity contribution in [3.8, 4) is 11.5 Å². The molecular weight excluding hydrogens is 556 g/mol. The molecule has 12 atom stereocenters. The van der Waals surface area contributed by atoms with Crippen molar-refractivity contribution in [3.05, 3.63) is 29.8 Å². The Kier molecular flexibility index (Phi) is 10.5. The van der Waals surface area contributed by atoms with Crippen LogP contribution in [0.3, 0.4) is 0 Å². The first kappa shape index (κ1) is 31.5. The van der Waals surface area contributed by atoms with Crippen LogP contribution in [0, 0.1) is 0 Å². The van der Waals surface area contributed by atoms with Crippen molar-refractivity contribution in [2.45, 2.75) is 73.8 Å². The number of hydrogen-bond donors (Lipinski definition) is 8. The molecule has 0 aliphatic carbocycles. The van der Waals surface area contributed by atoms with E-state index in [0.717, 1.165) is 6.08 Å². The second kappa shape index (κ2) is 13.7. The normalized spacial score (nSPS) is 39.6. The Labute approximate surface area is 233 Å². The Hall–Kier alpha value is -2.45. The molecule has 3 fully saturated rings. The molecule has 0 bridgehead atoms. The Morgan fingerprint density at radius 3 is 2.41 bits per heavy atom. The summed E-state index contributed by atoms with van der Waals surface area (Å²) in [6.45, 7) is -1.21. The van der Waals surface area contributed by atoms with Gasteiger partial charge in [0.05, 0.1) is 20.3 Å². The fraction of sp³-hybridized carbons (Fsp3) is 0.640. The van der Waals surface area contributed by atoms with Gasteiger partial charge in [-0.1, -0.05) is 6.07 Å². The number of hydrogen-bond acceptors (Lipinski definition) is 16. The zero-order valence-electron chi connectivity index (χ0n) is 21.8. The molecule has 3 saturated heterocycles. The van der Waals surface area contributed by atoms with Crippen LogP contribution in [-0.2, 0) is 33.2 Å². The maximum absolute atomic E-state index is 12.2. The minimum Gasteiger partial charge on any atom is -0.504 e. The van der Waals surface area contributed by atoms with Gasteiger partial charge in [-0.15, -0.1) is 0 Å². The van der Waals surface area contributed by atoms with Crippen molar-refractivity contribution < 1.29 is 78.8 Å². The van der Waals surface area contributed by atoms with E-state index in [0.29, 0.717) is 5.56 Å². The van der Waals surface area contributed by atoms with E-state index >= 15 is 0 Å². The quantitative estimate of drug-likeness (QED) is 0.102. The lowest BCUT2D eigenvalue weighted by molar-refractivity contribution is -0.338. The number of phenolic OH excluding ortho intramolecular Hbond substituents is 1. The first-order valence-electron chi connectivity index (χ1n) is 12.7. The van der Waals surface area contributed by atoms with Gasteiger partial charge in [-0.05, 0) is 23.8 Å². The van der Waals surface area contributed by atoms with Gasteiger partial charge < -0.3 is 74.0 Å². The molecule has 0 amide bonds. The maximum Gasteiger partial charge on any atom is 0.330 e. The average molecular weight is 591 g/mol. The van der Waals surface area contributed by atoms with Gasteiger partial charge >= 0.3 is 5.97 Å². The molecule has 8 N–H and O–H groups in total. The predicted octanol–water partition coefficient (Wildman–Crippen LogP) is -3.68. The highest BCUT2D eigenvalue weighted by Gasteiger charge is 2.50. The van der Waals surface area contributed by atoms with Gasteiger partial charge in [-0.25, -0.2) is 4.79 Å². The molecule has 1 aromatic rings. The number of methoxy groups -OCH3 is 1. The number of rotatable bonds is 9. The molecule has 1 aromatic carbocycles. The Morgan fingerprint density at radius 2 is 1.68 bits per heavy atom. The summed E-state index contributed by atoms with van der Waals surface area (Å²) in [6, 6.07) is 4.42. The summed E-state index contributed by atoms with van der Waals surface area (Å²) < 4.78 is 36.8. The second-order valence-corrected chi connectivity index (χ2v) is 9.66. The highest BCUT2D eigenvalue weighted by molar-refractivity contribution is 5.87. The van der Waals surface area contributed by atoms with Crippen LogP contribution < -0.4 is 4.74 Å². The van der Waals surface area contributed by atoms with E-state index in [4.69, 9.17) is 33.2 Å². The number of esters is 1. The van der Waals surface area contributed by atoms with Crippen LogP contribution in [-0.4, -0.2) is 148 Å². The zero-order chi connectivity index (χ0) is 29.8. The monoisotopic (exact) mass is 590 g/mol. The fourth-order valence-electron chi connectivity index (χ4n) is 4.43. The summed E-state index contributed by atoms with van der Waals surface area (Å²) in [6.07, 6.45) is -15.6. The van der Waals surface area contributed by atoms with Crippen LogP contribution in [0.25, 0.3) is 6.08 Å². The van der Waals surface area contributed by atoms with Crippen LogP contribution in [0.4, 0.5) is 0 Å².